The van der Waals surface area contributed by atoms with Crippen molar-refractivity contribution in [1.29, 1.82) is 0 Å². The molecule has 110 valence electrons. The summed E-state index contributed by atoms with van der Waals surface area (Å²) in [6.07, 6.45) is 6.31. The second-order valence-corrected chi connectivity index (χ2v) is 6.02. The van der Waals surface area contributed by atoms with Gasteiger partial charge in [-0.1, -0.05) is 5.16 Å². The predicted octanol–water partition coefficient (Wildman–Crippen LogP) is 2.43. The van der Waals surface area contributed by atoms with Crippen LogP contribution in [-0.2, 0) is 0 Å². The average molecular weight is 285 g/mol. The molecule has 2 aromatic rings. The minimum atomic E-state index is 0.382. The maximum Gasteiger partial charge on any atom is 0.229 e. The monoisotopic (exact) mass is 285 g/mol. The molecule has 1 aliphatic carbocycles. The molecule has 1 saturated heterocycles. The van der Waals surface area contributed by atoms with E-state index in [-0.39, 0.29) is 0 Å². The standard InChI is InChI=1S/C15H19N5O/c1-10-18-15(21-19-10)12-4-6-20(7-5-12)14-8-13(11-2-3-11)16-9-17-14/h8-9,11-12H,2-7H2,1H3. The summed E-state index contributed by atoms with van der Waals surface area (Å²) >= 11 is 0. The van der Waals surface area contributed by atoms with Crippen LogP contribution in [0.1, 0.15) is 54.9 Å². The average Bonchev–Trinajstić information content (AvgIpc) is 3.29. The summed E-state index contributed by atoms with van der Waals surface area (Å²) in [7, 11) is 0. The van der Waals surface area contributed by atoms with E-state index in [0.717, 1.165) is 43.5 Å². The number of piperidine rings is 1. The molecule has 0 bridgehead atoms. The number of aromatic nitrogens is 4. The van der Waals surface area contributed by atoms with Gasteiger partial charge in [-0.15, -0.1) is 0 Å². The smallest absolute Gasteiger partial charge is 0.229 e. The first-order valence-corrected chi connectivity index (χ1v) is 7.66. The van der Waals surface area contributed by atoms with Crippen molar-refractivity contribution < 1.29 is 4.52 Å². The minimum Gasteiger partial charge on any atom is -0.356 e. The summed E-state index contributed by atoms with van der Waals surface area (Å²) in [5, 5.41) is 3.89. The third-order valence-corrected chi connectivity index (χ3v) is 4.38. The molecule has 6 heteroatoms. The number of aryl methyl sites for hydroxylation is 1. The maximum atomic E-state index is 5.30. The van der Waals surface area contributed by atoms with Gasteiger partial charge in [-0.05, 0) is 32.6 Å². The Hall–Kier alpha value is -1.98. The molecule has 0 aromatic carbocycles. The van der Waals surface area contributed by atoms with Crippen LogP contribution in [0.3, 0.4) is 0 Å². The first kappa shape index (κ1) is 12.7. The predicted molar refractivity (Wildman–Crippen MR) is 77.2 cm³/mol. The molecule has 1 aliphatic heterocycles. The van der Waals surface area contributed by atoms with Crippen LogP contribution >= 0.6 is 0 Å². The molecule has 0 amide bonds. The molecular weight excluding hydrogens is 266 g/mol. The molecule has 2 aromatic heterocycles. The molecule has 0 unspecified atom stereocenters. The van der Waals surface area contributed by atoms with E-state index < -0.39 is 0 Å². The van der Waals surface area contributed by atoms with Gasteiger partial charge in [-0.3, -0.25) is 0 Å². The van der Waals surface area contributed by atoms with Gasteiger partial charge in [0, 0.05) is 36.7 Å². The summed E-state index contributed by atoms with van der Waals surface area (Å²) in [5.41, 5.74) is 1.20. The van der Waals surface area contributed by atoms with E-state index in [1.54, 1.807) is 6.33 Å². The van der Waals surface area contributed by atoms with Gasteiger partial charge in [0.2, 0.25) is 5.89 Å². The highest BCUT2D eigenvalue weighted by molar-refractivity contribution is 5.41. The van der Waals surface area contributed by atoms with E-state index in [1.807, 2.05) is 6.92 Å². The van der Waals surface area contributed by atoms with Crippen molar-refractivity contribution >= 4 is 5.82 Å². The zero-order valence-corrected chi connectivity index (χ0v) is 12.2. The number of rotatable bonds is 3. The Bertz CT molecular complexity index is 628. The molecule has 3 heterocycles. The SMILES string of the molecule is Cc1noc(C2CCN(c3cc(C4CC4)ncn3)CC2)n1. The molecule has 1 saturated carbocycles. The van der Waals surface area contributed by atoms with Crippen LogP contribution in [0.4, 0.5) is 5.82 Å². The van der Waals surface area contributed by atoms with Gasteiger partial charge < -0.3 is 9.42 Å². The minimum absolute atomic E-state index is 0.382. The molecule has 0 atom stereocenters. The van der Waals surface area contributed by atoms with Crippen molar-refractivity contribution in [1.82, 2.24) is 20.1 Å². The quantitative estimate of drug-likeness (QED) is 0.862. The van der Waals surface area contributed by atoms with Crippen LogP contribution < -0.4 is 4.90 Å². The Morgan fingerprint density at radius 2 is 1.90 bits per heavy atom. The summed E-state index contributed by atoms with van der Waals surface area (Å²) < 4.78 is 5.30. The highest BCUT2D eigenvalue weighted by Crippen LogP contribution is 2.39. The zero-order chi connectivity index (χ0) is 14.2. The third kappa shape index (κ3) is 2.62. The van der Waals surface area contributed by atoms with Gasteiger partial charge in [-0.2, -0.15) is 4.98 Å². The molecule has 2 fully saturated rings. The number of hydrogen-bond acceptors (Lipinski definition) is 6. The van der Waals surface area contributed by atoms with E-state index in [9.17, 15) is 0 Å². The summed E-state index contributed by atoms with van der Waals surface area (Å²) in [4.78, 5) is 15.5. The normalized spacial score (nSPS) is 20.0. The number of hydrogen-bond donors (Lipinski definition) is 0. The molecule has 0 spiro atoms. The maximum absolute atomic E-state index is 5.30. The van der Waals surface area contributed by atoms with Crippen molar-refractivity contribution in [3.8, 4) is 0 Å². The topological polar surface area (TPSA) is 67.9 Å². The summed E-state index contributed by atoms with van der Waals surface area (Å²) in [6, 6.07) is 2.16. The lowest BCUT2D eigenvalue weighted by Crippen LogP contribution is -2.33. The molecule has 6 nitrogen and oxygen atoms in total. The third-order valence-electron chi connectivity index (χ3n) is 4.38. The van der Waals surface area contributed by atoms with Gasteiger partial charge in [0.05, 0.1) is 0 Å². The molecule has 4 rings (SSSR count). The second kappa shape index (κ2) is 5.09. The van der Waals surface area contributed by atoms with Crippen molar-refractivity contribution in [3.63, 3.8) is 0 Å². The van der Waals surface area contributed by atoms with E-state index in [0.29, 0.717) is 11.8 Å². The van der Waals surface area contributed by atoms with Gasteiger partial charge in [0.25, 0.3) is 0 Å². The van der Waals surface area contributed by atoms with Crippen molar-refractivity contribution in [2.24, 2.45) is 0 Å². The van der Waals surface area contributed by atoms with Crippen LogP contribution in [0, 0.1) is 6.92 Å². The van der Waals surface area contributed by atoms with Crippen molar-refractivity contribution in [2.75, 3.05) is 18.0 Å². The van der Waals surface area contributed by atoms with Gasteiger partial charge >= 0.3 is 0 Å². The fourth-order valence-electron chi connectivity index (χ4n) is 2.97. The Labute approximate surface area is 123 Å². The molecule has 21 heavy (non-hydrogen) atoms. The lowest BCUT2D eigenvalue weighted by Gasteiger charge is -2.31. The molecule has 0 radical (unpaired) electrons. The summed E-state index contributed by atoms with van der Waals surface area (Å²) in [6.45, 7) is 3.82. The van der Waals surface area contributed by atoms with E-state index in [1.165, 1.54) is 18.5 Å². The molecule has 2 aliphatic rings. The Balaban J connectivity index is 1.43. The largest absolute Gasteiger partial charge is 0.356 e. The highest BCUT2D eigenvalue weighted by atomic mass is 16.5. The van der Waals surface area contributed by atoms with Crippen LogP contribution in [-0.4, -0.2) is 33.2 Å². The lowest BCUT2D eigenvalue weighted by molar-refractivity contribution is 0.327. The molecular formula is C15H19N5O. The number of anilines is 1. The van der Waals surface area contributed by atoms with Crippen LogP contribution in [0.15, 0.2) is 16.9 Å². The van der Waals surface area contributed by atoms with E-state index in [4.69, 9.17) is 4.52 Å². The molecule has 0 N–H and O–H groups in total. The Morgan fingerprint density at radius 3 is 2.57 bits per heavy atom. The fourth-order valence-corrected chi connectivity index (χ4v) is 2.97. The van der Waals surface area contributed by atoms with Crippen LogP contribution in [0.2, 0.25) is 0 Å². The fraction of sp³-hybridized carbons (Fsp3) is 0.600. The second-order valence-electron chi connectivity index (χ2n) is 6.02. The Kier molecular flexibility index (Phi) is 3.09. The first-order chi connectivity index (χ1) is 10.3. The Morgan fingerprint density at radius 1 is 1.10 bits per heavy atom. The van der Waals surface area contributed by atoms with E-state index in [2.05, 4.69) is 31.1 Å². The van der Waals surface area contributed by atoms with Gasteiger partial charge in [0.1, 0.15) is 12.1 Å². The van der Waals surface area contributed by atoms with E-state index >= 15 is 0 Å². The first-order valence-electron chi connectivity index (χ1n) is 7.66. The van der Waals surface area contributed by atoms with Gasteiger partial charge in [0.15, 0.2) is 5.82 Å². The van der Waals surface area contributed by atoms with Crippen LogP contribution in [0.5, 0.6) is 0 Å². The lowest BCUT2D eigenvalue weighted by atomic mass is 9.97. The van der Waals surface area contributed by atoms with Crippen LogP contribution in [0.25, 0.3) is 0 Å². The van der Waals surface area contributed by atoms with Crippen molar-refractivity contribution in [3.05, 3.63) is 29.8 Å². The highest BCUT2D eigenvalue weighted by Gasteiger charge is 2.28. The number of nitrogens with zero attached hydrogens (tertiary/aromatic N) is 5. The zero-order valence-electron chi connectivity index (χ0n) is 12.2. The van der Waals surface area contributed by atoms with Gasteiger partial charge in [-0.25, -0.2) is 9.97 Å². The van der Waals surface area contributed by atoms with Crippen molar-refractivity contribution in [2.45, 2.75) is 44.4 Å². The summed E-state index contributed by atoms with van der Waals surface area (Å²) in [5.74, 6) is 3.62.